The minimum atomic E-state index is 0.796. The zero-order chi connectivity index (χ0) is 18.2. The second-order valence-electron chi connectivity index (χ2n) is 7.37. The molecular formula is C24H21N3. The predicted octanol–water partition coefficient (Wildman–Crippen LogP) is 5.18. The van der Waals surface area contributed by atoms with E-state index in [-0.39, 0.29) is 0 Å². The highest BCUT2D eigenvalue weighted by atomic mass is 15.1. The van der Waals surface area contributed by atoms with Crippen LogP contribution in [0.15, 0.2) is 54.7 Å². The minimum absolute atomic E-state index is 0.796. The fourth-order valence-electron chi connectivity index (χ4n) is 4.54. The van der Waals surface area contributed by atoms with E-state index in [0.717, 1.165) is 47.6 Å². The van der Waals surface area contributed by atoms with Gasteiger partial charge in [-0.05, 0) is 48.1 Å². The number of benzene rings is 2. The SMILES string of the molecule is N#Cc1c(N2CCCCC2)cc(-c2ccccc2)c2c1-c1cccnc1C2. The average Bonchev–Trinajstić information content (AvgIpc) is 3.13. The van der Waals surface area contributed by atoms with Crippen molar-refractivity contribution in [2.45, 2.75) is 25.7 Å². The fraction of sp³-hybridized carbons (Fsp3) is 0.250. The molecule has 1 aliphatic carbocycles. The van der Waals surface area contributed by atoms with Crippen molar-refractivity contribution >= 4 is 5.69 Å². The number of pyridine rings is 1. The molecule has 0 amide bonds. The molecule has 1 saturated heterocycles. The Balaban J connectivity index is 1.80. The Morgan fingerprint density at radius 1 is 0.926 bits per heavy atom. The maximum atomic E-state index is 10.1. The van der Waals surface area contributed by atoms with Gasteiger partial charge in [-0.3, -0.25) is 4.98 Å². The molecule has 1 aliphatic heterocycles. The van der Waals surface area contributed by atoms with Gasteiger partial charge in [-0.1, -0.05) is 36.4 Å². The van der Waals surface area contributed by atoms with Crippen LogP contribution in [0.3, 0.4) is 0 Å². The van der Waals surface area contributed by atoms with Crippen LogP contribution in [0.1, 0.15) is 36.1 Å². The van der Waals surface area contributed by atoms with E-state index in [1.165, 1.54) is 36.0 Å². The highest BCUT2D eigenvalue weighted by Crippen LogP contribution is 2.46. The molecule has 2 heterocycles. The number of nitrogens with zero attached hydrogens (tertiary/aromatic N) is 3. The van der Waals surface area contributed by atoms with E-state index in [4.69, 9.17) is 0 Å². The lowest BCUT2D eigenvalue weighted by Gasteiger charge is -2.31. The van der Waals surface area contributed by atoms with Crippen molar-refractivity contribution in [3.63, 3.8) is 0 Å². The number of aromatic nitrogens is 1. The van der Waals surface area contributed by atoms with Gasteiger partial charge in [0.25, 0.3) is 0 Å². The standard InChI is InChI=1S/C24H21N3/c25-16-21-23(27-12-5-2-6-13-27)15-19(17-8-3-1-4-9-17)20-14-22-18(24(20)21)10-7-11-26-22/h1,3-4,7-11,15H,2,5-6,12-14H2. The summed E-state index contributed by atoms with van der Waals surface area (Å²) in [6.07, 6.45) is 6.32. The van der Waals surface area contributed by atoms with Crippen LogP contribution in [0.25, 0.3) is 22.3 Å². The second-order valence-corrected chi connectivity index (χ2v) is 7.37. The van der Waals surface area contributed by atoms with Gasteiger partial charge < -0.3 is 4.90 Å². The van der Waals surface area contributed by atoms with Gasteiger partial charge in [-0.15, -0.1) is 0 Å². The Bertz CT molecular complexity index is 1040. The summed E-state index contributed by atoms with van der Waals surface area (Å²) in [7, 11) is 0. The Hall–Kier alpha value is -3.12. The van der Waals surface area contributed by atoms with Gasteiger partial charge in [0.15, 0.2) is 0 Å². The molecule has 2 aliphatic rings. The molecule has 2 aromatic carbocycles. The van der Waals surface area contributed by atoms with Crippen molar-refractivity contribution in [1.82, 2.24) is 4.98 Å². The van der Waals surface area contributed by atoms with Gasteiger partial charge in [-0.2, -0.15) is 5.26 Å². The van der Waals surface area contributed by atoms with Gasteiger partial charge in [0.2, 0.25) is 0 Å². The van der Waals surface area contributed by atoms with E-state index in [9.17, 15) is 5.26 Å². The first kappa shape index (κ1) is 16.1. The third-order valence-corrected chi connectivity index (χ3v) is 5.81. The summed E-state index contributed by atoms with van der Waals surface area (Å²) in [5.41, 5.74) is 8.91. The van der Waals surface area contributed by atoms with Crippen molar-refractivity contribution in [2.75, 3.05) is 18.0 Å². The van der Waals surface area contributed by atoms with Crippen LogP contribution >= 0.6 is 0 Å². The Labute approximate surface area is 159 Å². The van der Waals surface area contributed by atoms with Crippen LogP contribution in [-0.2, 0) is 6.42 Å². The number of hydrogen-bond donors (Lipinski definition) is 0. The third-order valence-electron chi connectivity index (χ3n) is 5.81. The quantitative estimate of drug-likeness (QED) is 0.499. The summed E-state index contributed by atoms with van der Waals surface area (Å²) in [5, 5.41) is 10.1. The van der Waals surface area contributed by atoms with Crippen molar-refractivity contribution < 1.29 is 0 Å². The molecule has 0 bridgehead atoms. The number of piperidine rings is 1. The summed E-state index contributed by atoms with van der Waals surface area (Å²) < 4.78 is 0. The summed E-state index contributed by atoms with van der Waals surface area (Å²) in [6.45, 7) is 2.06. The van der Waals surface area contributed by atoms with Crippen LogP contribution in [0.2, 0.25) is 0 Å². The number of hydrogen-bond acceptors (Lipinski definition) is 3. The number of anilines is 1. The normalized spacial score (nSPS) is 15.1. The van der Waals surface area contributed by atoms with Gasteiger partial charge in [0.05, 0.1) is 16.9 Å². The molecule has 1 fully saturated rings. The molecule has 3 heteroatoms. The van der Waals surface area contributed by atoms with Gasteiger partial charge in [0.1, 0.15) is 6.07 Å². The Morgan fingerprint density at radius 2 is 1.74 bits per heavy atom. The molecule has 0 radical (unpaired) electrons. The van der Waals surface area contributed by atoms with Crippen LogP contribution < -0.4 is 4.90 Å². The molecule has 0 atom stereocenters. The largest absolute Gasteiger partial charge is 0.370 e. The van der Waals surface area contributed by atoms with E-state index >= 15 is 0 Å². The number of rotatable bonds is 2. The first-order valence-electron chi connectivity index (χ1n) is 9.71. The zero-order valence-electron chi connectivity index (χ0n) is 15.3. The molecule has 27 heavy (non-hydrogen) atoms. The second kappa shape index (κ2) is 6.55. The molecule has 0 unspecified atom stereocenters. The molecule has 3 nitrogen and oxygen atoms in total. The summed E-state index contributed by atoms with van der Waals surface area (Å²) in [6, 6.07) is 19.4. The highest BCUT2D eigenvalue weighted by molar-refractivity contribution is 5.92. The Kier molecular flexibility index (Phi) is 3.90. The fourth-order valence-corrected chi connectivity index (χ4v) is 4.54. The molecule has 1 aromatic heterocycles. The first-order valence-corrected chi connectivity index (χ1v) is 9.71. The van der Waals surface area contributed by atoms with E-state index in [0.29, 0.717) is 0 Å². The van der Waals surface area contributed by atoms with Crippen molar-refractivity contribution in [2.24, 2.45) is 0 Å². The van der Waals surface area contributed by atoms with Crippen molar-refractivity contribution in [1.29, 1.82) is 5.26 Å². The predicted molar refractivity (Wildman–Crippen MR) is 109 cm³/mol. The summed E-state index contributed by atoms with van der Waals surface area (Å²) >= 11 is 0. The van der Waals surface area contributed by atoms with E-state index < -0.39 is 0 Å². The number of fused-ring (bicyclic) bond motifs is 3. The van der Waals surface area contributed by atoms with Crippen LogP contribution in [-0.4, -0.2) is 18.1 Å². The van der Waals surface area contributed by atoms with E-state index in [2.05, 4.69) is 58.4 Å². The van der Waals surface area contributed by atoms with Gasteiger partial charge in [-0.25, -0.2) is 0 Å². The van der Waals surface area contributed by atoms with Gasteiger partial charge >= 0.3 is 0 Å². The van der Waals surface area contributed by atoms with Crippen LogP contribution in [0.4, 0.5) is 5.69 Å². The summed E-state index contributed by atoms with van der Waals surface area (Å²) in [4.78, 5) is 7.01. The maximum Gasteiger partial charge on any atom is 0.102 e. The van der Waals surface area contributed by atoms with E-state index in [1.54, 1.807) is 0 Å². The Morgan fingerprint density at radius 3 is 2.52 bits per heavy atom. The van der Waals surface area contributed by atoms with Crippen molar-refractivity contribution in [3.8, 4) is 28.3 Å². The van der Waals surface area contributed by atoms with Crippen LogP contribution in [0, 0.1) is 11.3 Å². The molecule has 132 valence electrons. The van der Waals surface area contributed by atoms with Gasteiger partial charge in [0, 0.05) is 36.8 Å². The highest BCUT2D eigenvalue weighted by Gasteiger charge is 2.29. The first-order chi connectivity index (χ1) is 13.4. The average molecular weight is 351 g/mol. The minimum Gasteiger partial charge on any atom is -0.370 e. The lowest BCUT2D eigenvalue weighted by molar-refractivity contribution is 0.577. The number of nitriles is 1. The van der Waals surface area contributed by atoms with Crippen molar-refractivity contribution in [3.05, 3.63) is 71.5 Å². The smallest absolute Gasteiger partial charge is 0.102 e. The monoisotopic (exact) mass is 351 g/mol. The molecule has 5 rings (SSSR count). The maximum absolute atomic E-state index is 10.1. The third kappa shape index (κ3) is 2.61. The molecular weight excluding hydrogens is 330 g/mol. The van der Waals surface area contributed by atoms with Crippen LogP contribution in [0.5, 0.6) is 0 Å². The molecule has 3 aromatic rings. The summed E-state index contributed by atoms with van der Waals surface area (Å²) in [5.74, 6) is 0. The topological polar surface area (TPSA) is 39.9 Å². The molecule has 0 saturated carbocycles. The molecule has 0 spiro atoms. The lowest BCUT2D eigenvalue weighted by atomic mass is 9.90. The zero-order valence-corrected chi connectivity index (χ0v) is 15.3. The lowest BCUT2D eigenvalue weighted by Crippen LogP contribution is -2.30. The molecule has 0 N–H and O–H groups in total. The van der Waals surface area contributed by atoms with E-state index in [1.807, 2.05) is 12.3 Å².